The molecule has 4 rings (SSSR count). The fourth-order valence-electron chi connectivity index (χ4n) is 3.65. The Balaban J connectivity index is 0.000000886. The van der Waals surface area contributed by atoms with Gasteiger partial charge in [-0.25, -0.2) is 13.2 Å². The van der Waals surface area contributed by atoms with E-state index < -0.39 is 40.6 Å². The lowest BCUT2D eigenvalue weighted by Crippen LogP contribution is -2.67. The van der Waals surface area contributed by atoms with Crippen LogP contribution in [0.3, 0.4) is 0 Å². The van der Waals surface area contributed by atoms with Crippen molar-refractivity contribution in [3.8, 4) is 0 Å². The minimum atomic E-state index is -1.27. The van der Waals surface area contributed by atoms with Crippen LogP contribution >= 0.6 is 33.9 Å². The molecule has 1 saturated heterocycles. The summed E-state index contributed by atoms with van der Waals surface area (Å²) in [5.74, 6) is -4.50. The molecule has 0 radical (unpaired) electrons. The van der Waals surface area contributed by atoms with E-state index in [2.05, 4.69) is 10.6 Å². The van der Waals surface area contributed by atoms with Crippen LogP contribution in [-0.4, -0.2) is 58.8 Å². The molecule has 2 heterocycles. The summed E-state index contributed by atoms with van der Waals surface area (Å²) in [6, 6.07) is 10.3. The van der Waals surface area contributed by atoms with Crippen LogP contribution in [0.1, 0.15) is 22.2 Å². The molecule has 1 amide bonds. The molecule has 1 fully saturated rings. The van der Waals surface area contributed by atoms with Gasteiger partial charge in [0.2, 0.25) is 0 Å². The van der Waals surface area contributed by atoms with Crippen LogP contribution < -0.4 is 10.6 Å². The maximum absolute atomic E-state index is 14.6. The molecule has 3 aromatic rings. The zero-order valence-corrected chi connectivity index (χ0v) is 22.7. The lowest BCUT2D eigenvalue weighted by molar-refractivity contribution is -0.134. The van der Waals surface area contributed by atoms with Crippen molar-refractivity contribution in [2.24, 2.45) is 0 Å². The first-order valence-corrected chi connectivity index (χ1v) is 13.1. The molecule has 2 aromatic carbocycles. The summed E-state index contributed by atoms with van der Waals surface area (Å²) in [5.41, 5.74) is -1.76. The zero-order chi connectivity index (χ0) is 27.2. The number of β-amino-alcohol motifs (C(OH)–C–C–N with tert-alkyl or cyclic N) is 1. The molecule has 0 unspecified atom stereocenters. The quantitative estimate of drug-likeness (QED) is 0.210. The van der Waals surface area contributed by atoms with Crippen molar-refractivity contribution in [3.05, 3.63) is 79.3 Å². The summed E-state index contributed by atoms with van der Waals surface area (Å²) < 4.78 is 43.4. The van der Waals surface area contributed by atoms with Gasteiger partial charge in [-0.1, -0.05) is 6.07 Å². The number of amides is 1. The summed E-state index contributed by atoms with van der Waals surface area (Å²) in [6.45, 7) is 2.18. The van der Waals surface area contributed by atoms with Gasteiger partial charge in [0.15, 0.2) is 11.6 Å². The summed E-state index contributed by atoms with van der Waals surface area (Å²) >= 11 is 3.60. The molecule has 0 spiro atoms. The van der Waals surface area contributed by atoms with E-state index in [-0.39, 0.29) is 24.3 Å². The van der Waals surface area contributed by atoms with Gasteiger partial charge < -0.3 is 25.7 Å². The van der Waals surface area contributed by atoms with E-state index >= 15 is 0 Å². The van der Waals surface area contributed by atoms with Gasteiger partial charge in [-0.05, 0) is 70.8 Å². The summed E-state index contributed by atoms with van der Waals surface area (Å²) in [5, 5.41) is 25.8. The predicted octanol–water partition coefficient (Wildman–Crippen LogP) is 4.62. The van der Waals surface area contributed by atoms with Crippen molar-refractivity contribution < 1.29 is 33.0 Å². The van der Waals surface area contributed by atoms with E-state index in [0.29, 0.717) is 16.7 Å². The highest BCUT2D eigenvalue weighted by Gasteiger charge is 2.44. The van der Waals surface area contributed by atoms with Crippen LogP contribution in [-0.2, 0) is 11.2 Å². The number of nitrogens with zero attached hydrogens (tertiary/aromatic N) is 1. The molecular weight excluding hydrogens is 622 g/mol. The molecule has 0 aliphatic carbocycles. The van der Waals surface area contributed by atoms with Crippen LogP contribution in [0.4, 0.5) is 24.5 Å². The van der Waals surface area contributed by atoms with E-state index in [1.54, 1.807) is 17.4 Å². The number of benzene rings is 2. The number of thiophene rings is 1. The Morgan fingerprint density at radius 2 is 1.84 bits per heavy atom. The van der Waals surface area contributed by atoms with Crippen LogP contribution in [0.15, 0.2) is 47.8 Å². The number of rotatable bonds is 8. The Morgan fingerprint density at radius 3 is 2.46 bits per heavy atom. The van der Waals surface area contributed by atoms with Gasteiger partial charge in [0.05, 0.1) is 30.0 Å². The second kappa shape index (κ2) is 12.7. The van der Waals surface area contributed by atoms with Crippen molar-refractivity contribution in [1.29, 1.82) is 0 Å². The van der Waals surface area contributed by atoms with Crippen LogP contribution in [0.5, 0.6) is 0 Å². The summed E-state index contributed by atoms with van der Waals surface area (Å²) in [6.07, 6.45) is 0.843. The first-order valence-electron chi connectivity index (χ1n) is 11.1. The fourth-order valence-corrected chi connectivity index (χ4v) is 4.82. The molecule has 4 N–H and O–H groups in total. The molecule has 12 heteroatoms. The van der Waals surface area contributed by atoms with Crippen LogP contribution in [0, 0.1) is 21.0 Å². The van der Waals surface area contributed by atoms with Gasteiger partial charge >= 0.3 is 0 Å². The first-order chi connectivity index (χ1) is 17.5. The number of aliphatic carboxylic acids is 1. The molecule has 0 saturated carbocycles. The number of halogens is 4. The Hall–Kier alpha value is -2.68. The molecular formula is C25H25F3IN3O4S. The average Bonchev–Trinajstić information content (AvgIpc) is 3.32. The lowest BCUT2D eigenvalue weighted by atomic mass is 9.92. The van der Waals surface area contributed by atoms with E-state index in [1.165, 1.54) is 21.9 Å². The molecule has 0 bridgehead atoms. The highest BCUT2D eigenvalue weighted by atomic mass is 127. The number of carbonyl (C=O) groups excluding carboxylic acids is 1. The normalized spacial score (nSPS) is 13.8. The van der Waals surface area contributed by atoms with Crippen molar-refractivity contribution in [2.75, 3.05) is 31.5 Å². The van der Waals surface area contributed by atoms with Gasteiger partial charge in [0.1, 0.15) is 11.4 Å². The summed E-state index contributed by atoms with van der Waals surface area (Å²) in [4.78, 5) is 24.6. The molecule has 0 atom stereocenters. The summed E-state index contributed by atoms with van der Waals surface area (Å²) in [7, 11) is 0. The van der Waals surface area contributed by atoms with Crippen molar-refractivity contribution in [3.63, 3.8) is 0 Å². The zero-order valence-electron chi connectivity index (χ0n) is 19.7. The number of anilines is 2. The Bertz CT molecular complexity index is 1250. The highest BCUT2D eigenvalue weighted by Crippen LogP contribution is 2.31. The second-order valence-electron chi connectivity index (χ2n) is 8.44. The topological polar surface area (TPSA) is 102 Å². The fraction of sp³-hybridized carbons (Fsp3) is 0.280. The highest BCUT2D eigenvalue weighted by molar-refractivity contribution is 14.1. The Kier molecular flexibility index (Phi) is 9.93. The molecule has 7 nitrogen and oxygen atoms in total. The van der Waals surface area contributed by atoms with E-state index in [0.717, 1.165) is 25.5 Å². The minimum Gasteiger partial charge on any atom is -0.481 e. The average molecular weight is 647 g/mol. The molecule has 1 aliphatic heterocycles. The predicted molar refractivity (Wildman–Crippen MR) is 144 cm³/mol. The smallest absolute Gasteiger partial charge is 0.300 e. The van der Waals surface area contributed by atoms with Crippen molar-refractivity contribution in [1.82, 2.24) is 10.2 Å². The number of aliphatic hydroxyl groups is 1. The van der Waals surface area contributed by atoms with Gasteiger partial charge in [0.25, 0.3) is 11.9 Å². The monoisotopic (exact) mass is 647 g/mol. The van der Waals surface area contributed by atoms with E-state index in [9.17, 15) is 23.1 Å². The lowest BCUT2D eigenvalue weighted by Gasteiger charge is -2.46. The second-order valence-corrected chi connectivity index (χ2v) is 10.7. The van der Waals surface area contributed by atoms with Crippen LogP contribution in [0.2, 0.25) is 0 Å². The molecule has 1 aliphatic rings. The van der Waals surface area contributed by atoms with Crippen molar-refractivity contribution >= 4 is 57.2 Å². The number of hydrogen-bond acceptors (Lipinski definition) is 6. The van der Waals surface area contributed by atoms with E-state index in [1.807, 2.05) is 40.1 Å². The van der Waals surface area contributed by atoms with Gasteiger partial charge in [-0.2, -0.15) is 0 Å². The van der Waals surface area contributed by atoms with Crippen molar-refractivity contribution in [2.45, 2.75) is 18.9 Å². The standard InChI is InChI=1S/C23H21F3IN3O2S.C2H4O2/c24-17-5-4-16(21(20(17)26)29-19-6-3-14(27)10-18(19)25)22(31)30-12-23(32,13-30)11-28-8-7-15-2-1-9-33-15;1-2(3)4/h1-6,9-10,28-29,32H,7-8,11-13H2;1H3,(H,3,4). The molecule has 37 heavy (non-hydrogen) atoms. The number of carboxylic acid groups (broad SMARTS) is 1. The maximum atomic E-state index is 14.6. The third kappa shape index (κ3) is 7.90. The van der Waals surface area contributed by atoms with Gasteiger partial charge in [-0.15, -0.1) is 11.3 Å². The third-order valence-corrected chi connectivity index (χ3v) is 6.96. The number of hydrogen-bond donors (Lipinski definition) is 4. The Labute approximate surface area is 229 Å². The largest absolute Gasteiger partial charge is 0.481 e. The number of carboxylic acids is 1. The van der Waals surface area contributed by atoms with Crippen LogP contribution in [0.25, 0.3) is 0 Å². The molecule has 1 aromatic heterocycles. The first kappa shape index (κ1) is 28.9. The Morgan fingerprint density at radius 1 is 1.14 bits per heavy atom. The maximum Gasteiger partial charge on any atom is 0.300 e. The number of carbonyl (C=O) groups is 2. The van der Waals surface area contributed by atoms with E-state index in [4.69, 9.17) is 9.90 Å². The molecule has 198 valence electrons. The van der Waals surface area contributed by atoms with Gasteiger partial charge in [0, 0.05) is 28.5 Å². The number of nitrogens with one attached hydrogen (secondary N) is 2. The van der Waals surface area contributed by atoms with Gasteiger partial charge in [-0.3, -0.25) is 9.59 Å². The SMILES string of the molecule is CC(=O)O.O=C(c1ccc(F)c(F)c1Nc1ccc(I)cc1F)N1CC(O)(CNCCc2cccs2)C1. The minimum absolute atomic E-state index is 0.0498. The third-order valence-electron chi connectivity index (χ3n) is 5.36. The number of likely N-dealkylation sites (tertiary alicyclic amines) is 1.